The van der Waals surface area contributed by atoms with Crippen LogP contribution in [0.3, 0.4) is 0 Å². The molecule has 1 fully saturated rings. The summed E-state index contributed by atoms with van der Waals surface area (Å²) in [5, 5.41) is 5.91. The van der Waals surface area contributed by atoms with Crippen LogP contribution < -0.4 is 20.3 Å². The van der Waals surface area contributed by atoms with Crippen LogP contribution in [0.15, 0.2) is 67.0 Å². The number of pyridine rings is 1. The minimum Gasteiger partial charge on any atom is -0.497 e. The van der Waals surface area contributed by atoms with Crippen LogP contribution >= 0.6 is 0 Å². The van der Waals surface area contributed by atoms with E-state index in [4.69, 9.17) is 4.74 Å². The lowest BCUT2D eigenvalue weighted by molar-refractivity contribution is 0.0950. The monoisotopic (exact) mass is 458 g/mol. The third-order valence-electron chi connectivity index (χ3n) is 6.15. The summed E-state index contributed by atoms with van der Waals surface area (Å²) in [7, 11) is 1.58. The molecule has 2 N–H and O–H groups in total. The van der Waals surface area contributed by atoms with Crippen LogP contribution in [0, 0.1) is 5.92 Å². The van der Waals surface area contributed by atoms with Gasteiger partial charge in [-0.3, -0.25) is 14.6 Å². The predicted molar refractivity (Wildman–Crippen MR) is 133 cm³/mol. The summed E-state index contributed by atoms with van der Waals surface area (Å²) < 4.78 is 5.16. The Labute approximate surface area is 200 Å². The maximum atomic E-state index is 13.2. The molecule has 0 unspecified atom stereocenters. The maximum Gasteiger partial charge on any atom is 0.255 e. The zero-order valence-electron chi connectivity index (χ0n) is 19.6. The van der Waals surface area contributed by atoms with Gasteiger partial charge < -0.3 is 20.3 Å². The van der Waals surface area contributed by atoms with Crippen LogP contribution in [0.4, 0.5) is 11.4 Å². The standard InChI is InChI=1S/C27H30N4O3/c1-19-11-14-31(15-12-19)25-10-7-22(30-26(32)21-5-8-23(34-2)9-6-21)16-24(25)27(33)29-18-20-4-3-13-28-17-20/h3-10,13,16-17,19H,11-12,14-15,18H2,1-2H3,(H,29,33)(H,30,32). The minimum absolute atomic E-state index is 0.182. The normalized spacial score (nSPS) is 13.9. The van der Waals surface area contributed by atoms with E-state index in [1.807, 2.05) is 24.3 Å². The molecule has 0 saturated carbocycles. The number of rotatable bonds is 7. The van der Waals surface area contributed by atoms with Gasteiger partial charge in [0, 0.05) is 49.0 Å². The van der Waals surface area contributed by atoms with Crippen molar-refractivity contribution in [1.82, 2.24) is 10.3 Å². The molecule has 0 atom stereocenters. The van der Waals surface area contributed by atoms with Gasteiger partial charge in [-0.2, -0.15) is 0 Å². The number of carbonyl (C=O) groups is 2. The zero-order chi connectivity index (χ0) is 23.9. The van der Waals surface area contributed by atoms with Crippen molar-refractivity contribution in [2.45, 2.75) is 26.3 Å². The summed E-state index contributed by atoms with van der Waals surface area (Å²) in [6.45, 7) is 4.45. The van der Waals surface area contributed by atoms with Crippen molar-refractivity contribution in [3.8, 4) is 5.75 Å². The Morgan fingerprint density at radius 2 is 1.82 bits per heavy atom. The number of nitrogens with zero attached hydrogens (tertiary/aromatic N) is 2. The van der Waals surface area contributed by atoms with Gasteiger partial charge in [-0.1, -0.05) is 13.0 Å². The Hall–Kier alpha value is -3.87. The van der Waals surface area contributed by atoms with Gasteiger partial charge >= 0.3 is 0 Å². The average Bonchev–Trinajstić information content (AvgIpc) is 2.88. The van der Waals surface area contributed by atoms with Crippen molar-refractivity contribution in [2.24, 2.45) is 5.92 Å². The second-order valence-corrected chi connectivity index (χ2v) is 8.63. The molecule has 176 valence electrons. The fraction of sp³-hybridized carbons (Fsp3) is 0.296. The van der Waals surface area contributed by atoms with Crippen molar-refractivity contribution in [2.75, 3.05) is 30.4 Å². The summed E-state index contributed by atoms with van der Waals surface area (Å²) in [4.78, 5) is 32.4. The third-order valence-corrected chi connectivity index (χ3v) is 6.15. The first-order valence-corrected chi connectivity index (χ1v) is 11.5. The van der Waals surface area contributed by atoms with Gasteiger partial charge in [0.05, 0.1) is 12.7 Å². The van der Waals surface area contributed by atoms with Crippen molar-refractivity contribution in [3.63, 3.8) is 0 Å². The van der Waals surface area contributed by atoms with E-state index in [0.29, 0.717) is 35.0 Å². The lowest BCUT2D eigenvalue weighted by Crippen LogP contribution is -2.35. The molecule has 0 bridgehead atoms. The summed E-state index contributed by atoms with van der Waals surface area (Å²) in [6, 6.07) is 16.2. The van der Waals surface area contributed by atoms with Gasteiger partial charge in [0.1, 0.15) is 5.75 Å². The molecule has 1 saturated heterocycles. The molecule has 2 amide bonds. The van der Waals surface area contributed by atoms with E-state index in [1.165, 1.54) is 0 Å². The lowest BCUT2D eigenvalue weighted by atomic mass is 9.97. The van der Waals surface area contributed by atoms with Crippen LogP contribution in [0.25, 0.3) is 0 Å². The fourth-order valence-electron chi connectivity index (χ4n) is 4.05. The highest BCUT2D eigenvalue weighted by atomic mass is 16.5. The van der Waals surface area contributed by atoms with Gasteiger partial charge in [0.2, 0.25) is 0 Å². The highest BCUT2D eigenvalue weighted by molar-refractivity contribution is 6.06. The number of ether oxygens (including phenoxy) is 1. The largest absolute Gasteiger partial charge is 0.497 e. The smallest absolute Gasteiger partial charge is 0.255 e. The number of methoxy groups -OCH3 is 1. The van der Waals surface area contributed by atoms with Crippen molar-refractivity contribution < 1.29 is 14.3 Å². The summed E-state index contributed by atoms with van der Waals surface area (Å²) in [5.41, 5.74) is 3.44. The Balaban J connectivity index is 1.55. The predicted octanol–water partition coefficient (Wildman–Crippen LogP) is 4.51. The van der Waals surface area contributed by atoms with E-state index < -0.39 is 0 Å². The second kappa shape index (κ2) is 10.8. The van der Waals surface area contributed by atoms with E-state index in [-0.39, 0.29) is 11.8 Å². The van der Waals surface area contributed by atoms with E-state index in [2.05, 4.69) is 27.4 Å². The second-order valence-electron chi connectivity index (χ2n) is 8.63. The van der Waals surface area contributed by atoms with Crippen LogP contribution in [0.5, 0.6) is 5.75 Å². The molecular weight excluding hydrogens is 428 g/mol. The van der Waals surface area contributed by atoms with E-state index in [9.17, 15) is 9.59 Å². The van der Waals surface area contributed by atoms with E-state index in [0.717, 1.165) is 37.2 Å². The van der Waals surface area contributed by atoms with Gasteiger partial charge in [-0.25, -0.2) is 0 Å². The molecule has 7 heteroatoms. The highest BCUT2D eigenvalue weighted by Crippen LogP contribution is 2.29. The molecule has 0 radical (unpaired) electrons. The number of amides is 2. The van der Waals surface area contributed by atoms with Crippen LogP contribution in [0.1, 0.15) is 46.0 Å². The molecule has 2 aromatic carbocycles. The molecule has 3 aromatic rings. The lowest BCUT2D eigenvalue weighted by Gasteiger charge is -2.33. The first-order valence-electron chi connectivity index (χ1n) is 11.5. The Morgan fingerprint density at radius 1 is 1.06 bits per heavy atom. The molecular formula is C27H30N4O3. The number of piperidine rings is 1. The molecule has 2 heterocycles. The van der Waals surface area contributed by atoms with Gasteiger partial charge in [-0.05, 0) is 72.9 Å². The minimum atomic E-state index is -0.246. The molecule has 4 rings (SSSR count). The highest BCUT2D eigenvalue weighted by Gasteiger charge is 2.22. The molecule has 0 aliphatic carbocycles. The topological polar surface area (TPSA) is 83.6 Å². The Morgan fingerprint density at radius 3 is 2.50 bits per heavy atom. The van der Waals surface area contributed by atoms with Crippen LogP contribution in [-0.4, -0.2) is 37.0 Å². The molecule has 34 heavy (non-hydrogen) atoms. The fourth-order valence-corrected chi connectivity index (χ4v) is 4.05. The number of anilines is 2. The number of carbonyl (C=O) groups excluding carboxylic acids is 2. The average molecular weight is 459 g/mol. The number of nitrogens with one attached hydrogen (secondary N) is 2. The van der Waals surface area contributed by atoms with E-state index in [1.54, 1.807) is 49.8 Å². The number of benzene rings is 2. The van der Waals surface area contributed by atoms with E-state index >= 15 is 0 Å². The van der Waals surface area contributed by atoms with Gasteiger partial charge in [0.25, 0.3) is 11.8 Å². The molecule has 1 aromatic heterocycles. The van der Waals surface area contributed by atoms with Crippen LogP contribution in [0.2, 0.25) is 0 Å². The summed E-state index contributed by atoms with van der Waals surface area (Å²) in [5.74, 6) is 0.938. The SMILES string of the molecule is COc1ccc(C(=O)Nc2ccc(N3CCC(C)CC3)c(C(=O)NCc3cccnc3)c2)cc1. The third kappa shape index (κ3) is 5.73. The summed E-state index contributed by atoms with van der Waals surface area (Å²) >= 11 is 0. The molecule has 7 nitrogen and oxygen atoms in total. The Kier molecular flexibility index (Phi) is 7.42. The molecule has 1 aliphatic rings. The molecule has 1 aliphatic heterocycles. The summed E-state index contributed by atoms with van der Waals surface area (Å²) in [6.07, 6.45) is 5.62. The Bertz CT molecular complexity index is 1120. The van der Waals surface area contributed by atoms with Crippen molar-refractivity contribution in [3.05, 3.63) is 83.7 Å². The molecule has 0 spiro atoms. The number of hydrogen-bond acceptors (Lipinski definition) is 5. The van der Waals surface area contributed by atoms with Gasteiger partial charge in [-0.15, -0.1) is 0 Å². The zero-order valence-corrected chi connectivity index (χ0v) is 19.6. The van der Waals surface area contributed by atoms with Gasteiger partial charge in [0.15, 0.2) is 0 Å². The quantitative estimate of drug-likeness (QED) is 0.544. The van der Waals surface area contributed by atoms with Crippen LogP contribution in [-0.2, 0) is 6.54 Å². The van der Waals surface area contributed by atoms with Crippen molar-refractivity contribution >= 4 is 23.2 Å². The first-order chi connectivity index (χ1) is 16.5. The number of aromatic nitrogens is 1. The first kappa shape index (κ1) is 23.3. The maximum absolute atomic E-state index is 13.2. The van der Waals surface area contributed by atoms with Crippen molar-refractivity contribution in [1.29, 1.82) is 0 Å². The number of hydrogen-bond donors (Lipinski definition) is 2.